The first-order valence-corrected chi connectivity index (χ1v) is 32.7. The summed E-state index contributed by atoms with van der Waals surface area (Å²) in [5.74, 6) is 7.24. The average molecular weight is 1130 g/mol. The Bertz CT molecular complexity index is 3390. The van der Waals surface area contributed by atoms with Crippen LogP contribution in [0.25, 0.3) is 0 Å². The van der Waals surface area contributed by atoms with Crippen LogP contribution in [0.15, 0.2) is 101 Å². The lowest BCUT2D eigenvalue weighted by Gasteiger charge is -2.68. The van der Waals surface area contributed by atoms with Gasteiger partial charge in [-0.2, -0.15) is 0 Å². The molecule has 0 amide bonds. The molecule has 15 rings (SSSR count). The number of nitrogens with one attached hydrogen (secondary N) is 1. The zero-order valence-electron chi connectivity index (χ0n) is 49.2. The number of aromatic hydroxyl groups is 2. The molecule has 12 aliphatic rings. The first-order chi connectivity index (χ1) is 40.8. The number of aliphatic imine (C=N–C) groups is 1. The van der Waals surface area contributed by atoms with Crippen molar-refractivity contribution in [1.82, 2.24) is 5.32 Å². The average Bonchev–Trinajstić information content (AvgIpc) is 0.821. The normalized spacial score (nSPS) is 38.4. The second-order valence-electron chi connectivity index (χ2n) is 29.0. The fraction of sp³-hybridized carbons (Fsp3) is 0.589. The summed E-state index contributed by atoms with van der Waals surface area (Å²) in [4.78, 5) is 21.5. The minimum absolute atomic E-state index is 0.0295. The molecule has 0 radical (unpaired) electrons. The molecular weight excluding hydrogens is 1050 g/mol. The Hall–Kier alpha value is -5.64. The SMILES string of the molecule is C[C@H]1C[C@@]23C[C@@H]4CCCO[C@@H]4[C@@H]4[C@H]2c2c(O)c(OC5CCCC5)cc5c2C#CC[C@@H]2C[C@]4(CO)C=C3[C@](/C=C/[C@H]3C[C@H]4C[C@]6(CO)C=CCC[C@@H]6C(CO)=C4C(=O)C[C@@H]53)(C1)c1cc(O)cc(c1)Cc1cccc(c1)C1(CCCCC1)NC(N)=N2. The van der Waals surface area contributed by atoms with E-state index in [2.05, 4.69) is 90.9 Å². The molecule has 8 N–H and O–H groups in total. The highest BCUT2D eigenvalue weighted by Gasteiger charge is 2.69. The number of allylic oxidation sites excluding steroid dienone is 5. The summed E-state index contributed by atoms with van der Waals surface area (Å²) in [6.45, 7) is 2.50. The Morgan fingerprint density at radius 1 is 0.869 bits per heavy atom. The van der Waals surface area contributed by atoms with Crippen LogP contribution in [0, 0.1) is 63.6 Å². The first-order valence-electron chi connectivity index (χ1n) is 32.7. The number of nitrogens with two attached hydrogens (primary N) is 1. The molecule has 5 saturated carbocycles. The Kier molecular flexibility index (Phi) is 13.6. The number of aliphatic hydroxyl groups excluding tert-OH is 3. The molecule has 2 heterocycles. The van der Waals surface area contributed by atoms with E-state index in [9.17, 15) is 25.5 Å². The number of benzene rings is 3. The highest BCUT2D eigenvalue weighted by molar-refractivity contribution is 5.98. The summed E-state index contributed by atoms with van der Waals surface area (Å²) in [5, 5.41) is 66.4. The smallest absolute Gasteiger partial charge is 0.189 e. The molecule has 1 saturated heterocycles. The summed E-state index contributed by atoms with van der Waals surface area (Å²) in [5.41, 5.74) is 13.4. The van der Waals surface area contributed by atoms with Crippen molar-refractivity contribution in [2.24, 2.45) is 62.5 Å². The second kappa shape index (κ2) is 20.8. The van der Waals surface area contributed by atoms with Gasteiger partial charge in [0.15, 0.2) is 23.2 Å². The van der Waals surface area contributed by atoms with Crippen molar-refractivity contribution in [1.29, 1.82) is 0 Å². The fourth-order valence-corrected chi connectivity index (χ4v) is 21.2. The third kappa shape index (κ3) is 8.54. The molecule has 0 aromatic heterocycles. The lowest BCUT2D eigenvalue weighted by Crippen LogP contribution is -2.64. The highest BCUT2D eigenvalue weighted by atomic mass is 16.5. The summed E-state index contributed by atoms with van der Waals surface area (Å²) in [6, 6.07) is 16.9. The van der Waals surface area contributed by atoms with Gasteiger partial charge in [0.2, 0.25) is 0 Å². The van der Waals surface area contributed by atoms with Crippen LogP contribution in [-0.4, -0.2) is 82.0 Å². The monoisotopic (exact) mass is 1130 g/mol. The zero-order valence-corrected chi connectivity index (χ0v) is 49.2. The van der Waals surface area contributed by atoms with Gasteiger partial charge in [-0.3, -0.25) is 4.79 Å². The van der Waals surface area contributed by atoms with Crippen LogP contribution in [0.3, 0.4) is 0 Å². The van der Waals surface area contributed by atoms with E-state index in [1.807, 2.05) is 12.1 Å². The van der Waals surface area contributed by atoms with Crippen molar-refractivity contribution in [3.05, 3.63) is 135 Å². The number of carbonyl (C=O) groups is 1. The van der Waals surface area contributed by atoms with Gasteiger partial charge in [-0.1, -0.05) is 104 Å². The van der Waals surface area contributed by atoms with Crippen molar-refractivity contribution in [3.8, 4) is 29.1 Å². The van der Waals surface area contributed by atoms with E-state index in [1.54, 1.807) is 0 Å². The number of aliphatic hydroxyl groups is 3. The topological polar surface area (TPSA) is 187 Å². The molecule has 3 aromatic carbocycles. The predicted octanol–water partition coefficient (Wildman–Crippen LogP) is 11.7. The van der Waals surface area contributed by atoms with Gasteiger partial charge >= 0.3 is 0 Å². The lowest BCUT2D eigenvalue weighted by atomic mass is 9.36. The first kappa shape index (κ1) is 55.0. The summed E-state index contributed by atoms with van der Waals surface area (Å²) in [7, 11) is 0. The lowest BCUT2D eigenvalue weighted by molar-refractivity contribution is -0.171. The molecule has 11 nitrogen and oxygen atoms in total. The van der Waals surface area contributed by atoms with Crippen LogP contribution < -0.4 is 15.8 Å². The maximum Gasteiger partial charge on any atom is 0.189 e. The van der Waals surface area contributed by atoms with Crippen molar-refractivity contribution >= 4 is 11.7 Å². The molecule has 6 fully saturated rings. The van der Waals surface area contributed by atoms with Crippen molar-refractivity contribution in [3.63, 3.8) is 0 Å². The number of phenols is 2. The van der Waals surface area contributed by atoms with Crippen molar-refractivity contribution in [2.45, 2.75) is 189 Å². The number of ether oxygens (including phenoxy) is 2. The molecule has 11 heteroatoms. The Labute approximate surface area is 496 Å². The number of carbonyl (C=O) groups excluding carboxylic acids is 1. The van der Waals surface area contributed by atoms with Gasteiger partial charge in [-0.25, -0.2) is 4.99 Å². The molecule has 0 unspecified atom stereocenters. The molecule has 2 spiro atoms. The van der Waals surface area contributed by atoms with Gasteiger partial charge < -0.3 is 46.1 Å². The van der Waals surface area contributed by atoms with Gasteiger partial charge in [0, 0.05) is 69.6 Å². The quantitative estimate of drug-likeness (QED) is 0.0957. The van der Waals surface area contributed by atoms with Gasteiger partial charge in [-0.15, -0.1) is 0 Å². The number of phenolic OH excluding ortho intramolecular Hbond substituents is 2. The summed E-state index contributed by atoms with van der Waals surface area (Å²) < 4.78 is 14.5. The van der Waals surface area contributed by atoms with Gasteiger partial charge in [0.05, 0.1) is 43.6 Å². The molecule has 84 heavy (non-hydrogen) atoms. The molecule has 442 valence electrons. The third-order valence-corrected chi connectivity index (χ3v) is 24.2. The van der Waals surface area contributed by atoms with Crippen LogP contribution >= 0.6 is 0 Å². The van der Waals surface area contributed by atoms with E-state index in [0.29, 0.717) is 50.4 Å². The highest BCUT2D eigenvalue weighted by Crippen LogP contribution is 2.75. The molecular formula is C73H87N3O8. The number of guanidine groups is 1. The summed E-state index contributed by atoms with van der Waals surface area (Å²) >= 11 is 0. The Balaban J connectivity index is 1.07. The second-order valence-corrected chi connectivity index (χ2v) is 29.0. The number of hydrogen-bond donors (Lipinski definition) is 7. The van der Waals surface area contributed by atoms with Gasteiger partial charge in [-0.05, 0) is 196 Å². The van der Waals surface area contributed by atoms with Crippen LogP contribution in [0.4, 0.5) is 0 Å². The van der Waals surface area contributed by atoms with Crippen LogP contribution in [0.1, 0.15) is 193 Å². The maximum atomic E-state index is 16.0. The zero-order chi connectivity index (χ0) is 57.3. The standard InChI is InChI=1S/C73H87N3O8/c1-43-34-71-24-20-46-30-48-36-69(41-78)21-8-5-19-58(69)57(40-77)62(48)59(81)32-55(46)56-33-60(84-53-16-3-4-17-53)66(82)63-54(56)18-10-15-51(38-70(42-79)39-61(71)72(35-43)37-47-13-11-25-83-67(47)65(70)64(63)72)75-68(74)76-73(22-6-2-7-23-73)49-14-9-12-44(27-49)26-45-28-50(71)31-52(80)29-45/h8-9,12,14,20-21,24,27-29,31,33,39,43,46-48,51,53,55,58,64-65,67,77-80,82H,2-7,11,13,15-17,19,22-23,25-26,30,32,34-38,40-42H2,1H3,(H3,74,75,76)/b24-20+/t43-,46+,47+,48+,51-,55-,58-,64-,65+,67+,69+,70-,71-,72+/m1/s1. The van der Waals surface area contributed by atoms with Crippen molar-refractivity contribution in [2.75, 3.05) is 26.4 Å². The minimum Gasteiger partial charge on any atom is -0.508 e. The molecule has 10 aliphatic carbocycles. The van der Waals surface area contributed by atoms with E-state index in [1.165, 1.54) is 11.1 Å². The maximum absolute atomic E-state index is 16.0. The van der Waals surface area contributed by atoms with E-state index in [0.717, 1.165) is 147 Å². The van der Waals surface area contributed by atoms with E-state index in [4.69, 9.17) is 20.2 Å². The van der Waals surface area contributed by atoms with Crippen LogP contribution in [-0.2, 0) is 26.9 Å². The van der Waals surface area contributed by atoms with Gasteiger partial charge in [0.1, 0.15) is 5.75 Å². The Morgan fingerprint density at radius 3 is 2.52 bits per heavy atom. The van der Waals surface area contributed by atoms with E-state index < -0.39 is 45.1 Å². The Morgan fingerprint density at radius 2 is 1.70 bits per heavy atom. The number of ketones is 1. The van der Waals surface area contributed by atoms with E-state index in [-0.39, 0.29) is 91.2 Å². The molecule has 2 aliphatic heterocycles. The molecule has 3 aromatic rings. The van der Waals surface area contributed by atoms with Crippen LogP contribution in [0.2, 0.25) is 0 Å². The number of rotatable bonds is 5. The molecule has 14 bridgehead atoms. The number of fused-ring (bicyclic) bond motifs is 11. The summed E-state index contributed by atoms with van der Waals surface area (Å²) in [6.07, 6.45) is 29.0. The predicted molar refractivity (Wildman–Crippen MR) is 324 cm³/mol. The number of Topliss-reactive ketones (excluding diaryl/α,β-unsaturated/α-hetero) is 1. The van der Waals surface area contributed by atoms with Crippen LogP contribution in [0.5, 0.6) is 17.2 Å². The largest absolute Gasteiger partial charge is 0.508 e. The third-order valence-electron chi connectivity index (χ3n) is 24.2. The number of nitrogens with zero attached hydrogens (tertiary/aromatic N) is 1. The van der Waals surface area contributed by atoms with Gasteiger partial charge in [0.25, 0.3) is 0 Å². The number of hydrogen-bond acceptors (Lipinski definition) is 11. The van der Waals surface area contributed by atoms with Crippen molar-refractivity contribution < 1.29 is 39.8 Å². The minimum atomic E-state index is -0.967. The molecule has 14 atom stereocenters. The van der Waals surface area contributed by atoms with E-state index >= 15 is 4.79 Å². The fourth-order valence-electron chi connectivity index (χ4n) is 21.2.